The zero-order chi connectivity index (χ0) is 11.0. The average Bonchev–Trinajstić information content (AvgIpc) is 2.17. The van der Waals surface area contributed by atoms with Crippen molar-refractivity contribution >= 4 is 5.91 Å². The Balaban J connectivity index is 4.18. The zero-order valence-electron chi connectivity index (χ0n) is 9.33. The van der Waals surface area contributed by atoms with Crippen molar-refractivity contribution in [3.63, 3.8) is 0 Å². The van der Waals surface area contributed by atoms with E-state index in [-0.39, 0.29) is 11.9 Å². The van der Waals surface area contributed by atoms with Crippen LogP contribution in [0.4, 0.5) is 0 Å². The second-order valence-electron chi connectivity index (χ2n) is 3.47. The molecule has 0 aromatic heterocycles. The Morgan fingerprint density at radius 2 is 2.14 bits per heavy atom. The van der Waals surface area contributed by atoms with Crippen molar-refractivity contribution in [2.24, 2.45) is 5.73 Å². The Morgan fingerprint density at radius 3 is 2.57 bits per heavy atom. The molecule has 3 heteroatoms. The summed E-state index contributed by atoms with van der Waals surface area (Å²) in [7, 11) is 0. The minimum absolute atomic E-state index is 0.0496. The maximum atomic E-state index is 11.8. The summed E-state index contributed by atoms with van der Waals surface area (Å²) < 4.78 is 0. The molecule has 2 N–H and O–H groups in total. The van der Waals surface area contributed by atoms with Crippen LogP contribution >= 0.6 is 0 Å². The highest BCUT2D eigenvalue weighted by atomic mass is 16.2. The highest BCUT2D eigenvalue weighted by Crippen LogP contribution is 2.01. The van der Waals surface area contributed by atoms with Gasteiger partial charge in [-0.05, 0) is 12.8 Å². The first-order valence-electron chi connectivity index (χ1n) is 5.32. The summed E-state index contributed by atoms with van der Waals surface area (Å²) in [6, 6.07) is -0.341. The van der Waals surface area contributed by atoms with E-state index in [0.29, 0.717) is 6.54 Å². The van der Waals surface area contributed by atoms with Crippen LogP contribution in [0, 0.1) is 0 Å². The Morgan fingerprint density at radius 1 is 1.50 bits per heavy atom. The van der Waals surface area contributed by atoms with Crippen LogP contribution in [0.2, 0.25) is 0 Å². The standard InChI is InChI=1S/C11H22N2O/c1-4-7-10(12)11(14)13(8-5-2)9-6-3/h5,10H,2,4,6-9,12H2,1,3H3/t10-/m0/s1. The molecule has 0 fully saturated rings. The summed E-state index contributed by atoms with van der Waals surface area (Å²) in [6.07, 6.45) is 4.40. The summed E-state index contributed by atoms with van der Waals surface area (Å²) in [5.74, 6) is 0.0496. The van der Waals surface area contributed by atoms with Crippen LogP contribution in [0.3, 0.4) is 0 Å². The van der Waals surface area contributed by atoms with Crippen LogP contribution in [0.25, 0.3) is 0 Å². The maximum Gasteiger partial charge on any atom is 0.239 e. The van der Waals surface area contributed by atoms with Gasteiger partial charge in [-0.2, -0.15) is 0 Å². The highest BCUT2D eigenvalue weighted by Gasteiger charge is 2.18. The first-order chi connectivity index (χ1) is 6.67. The molecule has 1 atom stereocenters. The number of nitrogens with two attached hydrogens (primary N) is 1. The minimum Gasteiger partial charge on any atom is -0.338 e. The van der Waals surface area contributed by atoms with Gasteiger partial charge in [-0.1, -0.05) is 26.3 Å². The number of hydrogen-bond acceptors (Lipinski definition) is 2. The largest absolute Gasteiger partial charge is 0.338 e. The van der Waals surface area contributed by atoms with Crippen LogP contribution in [0.5, 0.6) is 0 Å². The van der Waals surface area contributed by atoms with Crippen LogP contribution in [0.15, 0.2) is 12.7 Å². The molecule has 0 aliphatic heterocycles. The van der Waals surface area contributed by atoms with Gasteiger partial charge in [0, 0.05) is 13.1 Å². The van der Waals surface area contributed by atoms with Crippen LogP contribution < -0.4 is 5.73 Å². The van der Waals surface area contributed by atoms with Gasteiger partial charge in [0.15, 0.2) is 0 Å². The predicted octanol–water partition coefficient (Wildman–Crippen LogP) is 1.54. The molecule has 0 unspecified atom stereocenters. The van der Waals surface area contributed by atoms with Gasteiger partial charge in [0.25, 0.3) is 0 Å². The lowest BCUT2D eigenvalue weighted by atomic mass is 10.1. The summed E-state index contributed by atoms with van der Waals surface area (Å²) in [4.78, 5) is 13.5. The summed E-state index contributed by atoms with van der Waals surface area (Å²) in [6.45, 7) is 9.09. The molecular weight excluding hydrogens is 176 g/mol. The van der Waals surface area contributed by atoms with E-state index in [2.05, 4.69) is 13.5 Å². The maximum absolute atomic E-state index is 11.8. The van der Waals surface area contributed by atoms with Crippen molar-refractivity contribution in [1.29, 1.82) is 0 Å². The Hall–Kier alpha value is -0.830. The number of carbonyl (C=O) groups is 1. The molecule has 0 bridgehead atoms. The molecule has 0 rings (SSSR count). The van der Waals surface area contributed by atoms with Crippen LogP contribution in [-0.2, 0) is 4.79 Å². The topological polar surface area (TPSA) is 46.3 Å². The number of hydrogen-bond donors (Lipinski definition) is 1. The van der Waals surface area contributed by atoms with E-state index in [1.54, 1.807) is 11.0 Å². The van der Waals surface area contributed by atoms with Crippen molar-refractivity contribution < 1.29 is 4.79 Å². The highest BCUT2D eigenvalue weighted by molar-refractivity contribution is 5.81. The fourth-order valence-corrected chi connectivity index (χ4v) is 1.39. The van der Waals surface area contributed by atoms with Gasteiger partial charge in [0.2, 0.25) is 5.91 Å². The molecule has 82 valence electrons. The molecule has 1 amide bonds. The van der Waals surface area contributed by atoms with Crippen LogP contribution in [0.1, 0.15) is 33.1 Å². The van der Waals surface area contributed by atoms with Gasteiger partial charge in [-0.15, -0.1) is 6.58 Å². The van der Waals surface area contributed by atoms with Crippen molar-refractivity contribution in [1.82, 2.24) is 4.90 Å². The van der Waals surface area contributed by atoms with E-state index >= 15 is 0 Å². The molecule has 0 aromatic carbocycles. The number of carbonyl (C=O) groups excluding carboxylic acids is 1. The van der Waals surface area contributed by atoms with Gasteiger partial charge in [0.05, 0.1) is 6.04 Å². The smallest absolute Gasteiger partial charge is 0.239 e. The second kappa shape index (κ2) is 7.56. The molecule has 3 nitrogen and oxygen atoms in total. The van der Waals surface area contributed by atoms with Gasteiger partial charge < -0.3 is 10.6 Å². The molecule has 0 radical (unpaired) electrons. The second-order valence-corrected chi connectivity index (χ2v) is 3.47. The summed E-state index contributed by atoms with van der Waals surface area (Å²) in [5, 5.41) is 0. The van der Waals surface area contributed by atoms with Gasteiger partial charge in [-0.25, -0.2) is 0 Å². The number of amides is 1. The van der Waals surface area contributed by atoms with Crippen LogP contribution in [-0.4, -0.2) is 29.9 Å². The summed E-state index contributed by atoms with van der Waals surface area (Å²) in [5.41, 5.74) is 5.76. The molecule has 0 saturated carbocycles. The van der Waals surface area contributed by atoms with E-state index in [1.807, 2.05) is 6.92 Å². The fraction of sp³-hybridized carbons (Fsp3) is 0.727. The van der Waals surface area contributed by atoms with Gasteiger partial charge >= 0.3 is 0 Å². The minimum atomic E-state index is -0.341. The molecule has 0 spiro atoms. The lowest BCUT2D eigenvalue weighted by Crippen LogP contribution is -2.44. The van der Waals surface area contributed by atoms with Crippen molar-refractivity contribution in [2.75, 3.05) is 13.1 Å². The first kappa shape index (κ1) is 13.2. The van der Waals surface area contributed by atoms with E-state index in [0.717, 1.165) is 25.8 Å². The zero-order valence-corrected chi connectivity index (χ0v) is 9.33. The molecule has 0 saturated heterocycles. The van der Waals surface area contributed by atoms with Crippen molar-refractivity contribution in [3.05, 3.63) is 12.7 Å². The molecule has 14 heavy (non-hydrogen) atoms. The fourth-order valence-electron chi connectivity index (χ4n) is 1.39. The third kappa shape index (κ3) is 4.42. The quantitative estimate of drug-likeness (QED) is 0.631. The van der Waals surface area contributed by atoms with Crippen molar-refractivity contribution in [3.8, 4) is 0 Å². The van der Waals surface area contributed by atoms with Crippen molar-refractivity contribution in [2.45, 2.75) is 39.2 Å². The lowest BCUT2D eigenvalue weighted by molar-refractivity contribution is -0.132. The SMILES string of the molecule is C=CCN(CCC)C(=O)[C@@H](N)CCC. The Kier molecular flexibility index (Phi) is 7.11. The molecule has 0 aliphatic carbocycles. The monoisotopic (exact) mass is 198 g/mol. The van der Waals surface area contributed by atoms with E-state index in [9.17, 15) is 4.79 Å². The van der Waals surface area contributed by atoms with E-state index in [4.69, 9.17) is 5.73 Å². The lowest BCUT2D eigenvalue weighted by Gasteiger charge is -2.23. The first-order valence-corrected chi connectivity index (χ1v) is 5.32. The molecule has 0 aliphatic rings. The number of rotatable bonds is 7. The Labute approximate surface area is 87.0 Å². The van der Waals surface area contributed by atoms with E-state index in [1.165, 1.54) is 0 Å². The molecular formula is C11H22N2O. The summed E-state index contributed by atoms with van der Waals surface area (Å²) >= 11 is 0. The van der Waals surface area contributed by atoms with E-state index < -0.39 is 0 Å². The average molecular weight is 198 g/mol. The van der Waals surface area contributed by atoms with Gasteiger partial charge in [-0.3, -0.25) is 4.79 Å². The number of nitrogens with zero attached hydrogens (tertiary/aromatic N) is 1. The third-order valence-electron chi connectivity index (χ3n) is 2.07. The normalized spacial score (nSPS) is 12.2. The molecule has 0 aromatic rings. The predicted molar refractivity (Wildman–Crippen MR) is 60.0 cm³/mol. The Bertz CT molecular complexity index is 180. The van der Waals surface area contributed by atoms with Gasteiger partial charge in [0.1, 0.15) is 0 Å². The molecule has 0 heterocycles. The third-order valence-corrected chi connectivity index (χ3v) is 2.07.